The molecule has 1 saturated heterocycles. The van der Waals surface area contributed by atoms with Crippen LogP contribution in [0.1, 0.15) is 26.3 Å². The summed E-state index contributed by atoms with van der Waals surface area (Å²) in [6.07, 6.45) is 0. The van der Waals surface area contributed by atoms with Crippen LogP contribution in [0.4, 0.5) is 5.69 Å². The number of hydrogen-bond acceptors (Lipinski definition) is 3. The molecule has 0 spiro atoms. The van der Waals surface area contributed by atoms with Gasteiger partial charge in [0.1, 0.15) is 6.04 Å². The molecule has 1 amide bonds. The van der Waals surface area contributed by atoms with Crippen molar-refractivity contribution >= 4 is 11.6 Å². The largest absolute Gasteiger partial charge is 0.356 e. The van der Waals surface area contributed by atoms with Gasteiger partial charge in [-0.2, -0.15) is 0 Å². The van der Waals surface area contributed by atoms with Gasteiger partial charge < -0.3 is 16.0 Å². The molecule has 0 bridgehead atoms. The summed E-state index contributed by atoms with van der Waals surface area (Å²) in [4.78, 5) is 14.1. The molecule has 0 aromatic heterocycles. The number of piperazine rings is 1. The van der Waals surface area contributed by atoms with Crippen LogP contribution in [0.5, 0.6) is 0 Å². The van der Waals surface area contributed by atoms with Crippen LogP contribution in [0.25, 0.3) is 0 Å². The number of anilines is 1. The number of para-hydroxylation sites is 1. The van der Waals surface area contributed by atoms with Crippen LogP contribution < -0.4 is 16.0 Å². The molecule has 1 atom stereocenters. The van der Waals surface area contributed by atoms with Gasteiger partial charge in [-0.1, -0.05) is 39.0 Å². The second-order valence-corrected chi connectivity index (χ2v) is 6.00. The summed E-state index contributed by atoms with van der Waals surface area (Å²) in [5.74, 6) is 0.0254. The van der Waals surface area contributed by atoms with Gasteiger partial charge in [0.25, 0.3) is 0 Å². The van der Waals surface area contributed by atoms with Crippen molar-refractivity contribution in [2.45, 2.75) is 32.2 Å². The van der Waals surface area contributed by atoms with Gasteiger partial charge in [0.2, 0.25) is 5.91 Å². The molecule has 1 aliphatic heterocycles. The van der Waals surface area contributed by atoms with Crippen molar-refractivity contribution in [2.75, 3.05) is 24.5 Å². The quantitative estimate of drug-likeness (QED) is 0.842. The van der Waals surface area contributed by atoms with Crippen LogP contribution >= 0.6 is 0 Å². The van der Waals surface area contributed by atoms with Crippen LogP contribution in [0.2, 0.25) is 0 Å². The highest BCUT2D eigenvalue weighted by atomic mass is 16.2. The summed E-state index contributed by atoms with van der Waals surface area (Å²) < 4.78 is 0. The Kier molecular flexibility index (Phi) is 3.80. The molecule has 4 heteroatoms. The molecular formula is C15H23N3O. The number of benzene rings is 1. The first-order valence-corrected chi connectivity index (χ1v) is 6.79. The maximum absolute atomic E-state index is 11.9. The Balaban J connectivity index is 2.43. The van der Waals surface area contributed by atoms with Gasteiger partial charge in [-0.25, -0.2) is 0 Å². The van der Waals surface area contributed by atoms with Crippen LogP contribution in [-0.2, 0) is 10.2 Å². The molecule has 104 valence electrons. The van der Waals surface area contributed by atoms with E-state index in [2.05, 4.69) is 43.1 Å². The molecule has 1 aromatic carbocycles. The number of amides is 1. The number of rotatable bonds is 2. The fourth-order valence-corrected chi connectivity index (χ4v) is 2.60. The molecular weight excluding hydrogens is 238 g/mol. The van der Waals surface area contributed by atoms with Gasteiger partial charge in [0.05, 0.1) is 0 Å². The van der Waals surface area contributed by atoms with Crippen molar-refractivity contribution < 1.29 is 4.79 Å². The zero-order chi connectivity index (χ0) is 14.0. The van der Waals surface area contributed by atoms with Crippen molar-refractivity contribution in [2.24, 2.45) is 5.73 Å². The monoisotopic (exact) mass is 261 g/mol. The minimum Gasteiger partial charge on any atom is -0.356 e. The lowest BCUT2D eigenvalue weighted by Crippen LogP contribution is -2.58. The summed E-state index contributed by atoms with van der Waals surface area (Å²) in [5.41, 5.74) is 8.20. The Bertz CT molecular complexity index is 465. The van der Waals surface area contributed by atoms with Gasteiger partial charge in [0, 0.05) is 25.3 Å². The lowest BCUT2D eigenvalue weighted by molar-refractivity contribution is -0.123. The lowest BCUT2D eigenvalue weighted by atomic mass is 9.85. The predicted octanol–water partition coefficient (Wildman–Crippen LogP) is 1.25. The van der Waals surface area contributed by atoms with E-state index in [9.17, 15) is 4.79 Å². The number of nitrogens with zero attached hydrogens (tertiary/aromatic N) is 1. The average Bonchev–Trinajstić information content (AvgIpc) is 2.37. The van der Waals surface area contributed by atoms with E-state index in [0.717, 1.165) is 12.2 Å². The molecule has 3 N–H and O–H groups in total. The fraction of sp³-hybridized carbons (Fsp3) is 0.533. The van der Waals surface area contributed by atoms with E-state index in [0.29, 0.717) is 13.1 Å². The number of nitrogens with one attached hydrogen (secondary N) is 1. The fourth-order valence-electron chi connectivity index (χ4n) is 2.60. The second-order valence-electron chi connectivity index (χ2n) is 6.00. The molecule has 0 radical (unpaired) electrons. The van der Waals surface area contributed by atoms with Gasteiger partial charge in [-0.15, -0.1) is 0 Å². The maximum Gasteiger partial charge on any atom is 0.244 e. The molecule has 19 heavy (non-hydrogen) atoms. The standard InChI is InChI=1S/C15H23N3O/c1-15(2,3)11-6-4-5-7-12(11)18-9-8-17-14(19)13(18)10-16/h4-7,13H,8-10,16H2,1-3H3,(H,17,19). The zero-order valence-corrected chi connectivity index (χ0v) is 11.9. The van der Waals surface area contributed by atoms with E-state index in [4.69, 9.17) is 5.73 Å². The Morgan fingerprint density at radius 2 is 2.05 bits per heavy atom. The summed E-state index contributed by atoms with van der Waals surface area (Å²) >= 11 is 0. The van der Waals surface area contributed by atoms with Crippen molar-refractivity contribution in [3.05, 3.63) is 29.8 Å². The van der Waals surface area contributed by atoms with Crippen LogP contribution in [0, 0.1) is 0 Å². The minimum absolute atomic E-state index is 0.0254. The average molecular weight is 261 g/mol. The minimum atomic E-state index is -0.266. The van der Waals surface area contributed by atoms with Crippen molar-refractivity contribution in [1.82, 2.24) is 5.32 Å². The normalized spacial score (nSPS) is 20.3. The first kappa shape index (κ1) is 13.9. The number of carbonyl (C=O) groups is 1. The lowest BCUT2D eigenvalue weighted by Gasteiger charge is -2.39. The summed E-state index contributed by atoms with van der Waals surface area (Å²) in [7, 11) is 0. The molecule has 1 unspecified atom stereocenters. The molecule has 1 heterocycles. The molecule has 1 aliphatic rings. The van der Waals surface area contributed by atoms with Gasteiger partial charge >= 0.3 is 0 Å². The molecule has 2 rings (SSSR count). The van der Waals surface area contributed by atoms with Gasteiger partial charge in [-0.3, -0.25) is 4.79 Å². The zero-order valence-electron chi connectivity index (χ0n) is 11.9. The summed E-state index contributed by atoms with van der Waals surface area (Å²) in [6, 6.07) is 8.02. The summed E-state index contributed by atoms with van der Waals surface area (Å²) in [5, 5.41) is 2.88. The highest BCUT2D eigenvalue weighted by Crippen LogP contribution is 2.33. The Labute approximate surface area is 115 Å². The van der Waals surface area contributed by atoms with E-state index in [1.54, 1.807) is 0 Å². The third-order valence-electron chi connectivity index (χ3n) is 3.58. The Hall–Kier alpha value is -1.55. The van der Waals surface area contributed by atoms with Crippen molar-refractivity contribution in [3.63, 3.8) is 0 Å². The van der Waals surface area contributed by atoms with Gasteiger partial charge in [-0.05, 0) is 17.0 Å². The van der Waals surface area contributed by atoms with Crippen LogP contribution in [0.3, 0.4) is 0 Å². The molecule has 0 aliphatic carbocycles. The highest BCUT2D eigenvalue weighted by molar-refractivity contribution is 5.87. The Morgan fingerprint density at radius 1 is 1.37 bits per heavy atom. The van der Waals surface area contributed by atoms with E-state index < -0.39 is 0 Å². The first-order chi connectivity index (χ1) is 8.95. The van der Waals surface area contributed by atoms with E-state index >= 15 is 0 Å². The third kappa shape index (κ3) is 2.73. The van der Waals surface area contributed by atoms with E-state index in [-0.39, 0.29) is 17.4 Å². The Morgan fingerprint density at radius 3 is 2.68 bits per heavy atom. The first-order valence-electron chi connectivity index (χ1n) is 6.79. The number of hydrogen-bond donors (Lipinski definition) is 2. The number of carbonyl (C=O) groups excluding carboxylic acids is 1. The van der Waals surface area contributed by atoms with E-state index in [1.165, 1.54) is 5.56 Å². The second kappa shape index (κ2) is 5.21. The predicted molar refractivity (Wildman–Crippen MR) is 78.3 cm³/mol. The molecule has 1 aromatic rings. The topological polar surface area (TPSA) is 58.4 Å². The third-order valence-corrected chi connectivity index (χ3v) is 3.58. The SMILES string of the molecule is CC(C)(C)c1ccccc1N1CCNC(=O)C1CN. The van der Waals surface area contributed by atoms with Gasteiger partial charge in [0.15, 0.2) is 0 Å². The maximum atomic E-state index is 11.9. The summed E-state index contributed by atoms with van der Waals surface area (Å²) in [6.45, 7) is 8.38. The van der Waals surface area contributed by atoms with Crippen LogP contribution in [0.15, 0.2) is 24.3 Å². The van der Waals surface area contributed by atoms with Crippen molar-refractivity contribution in [1.29, 1.82) is 0 Å². The van der Waals surface area contributed by atoms with E-state index in [1.807, 2.05) is 12.1 Å². The van der Waals surface area contributed by atoms with Crippen LogP contribution in [-0.4, -0.2) is 31.6 Å². The number of nitrogens with two attached hydrogens (primary N) is 1. The van der Waals surface area contributed by atoms with Crippen molar-refractivity contribution in [3.8, 4) is 0 Å². The molecule has 0 saturated carbocycles. The molecule has 1 fully saturated rings. The molecule has 4 nitrogen and oxygen atoms in total. The highest BCUT2D eigenvalue weighted by Gasteiger charge is 2.31. The smallest absolute Gasteiger partial charge is 0.244 e.